The van der Waals surface area contributed by atoms with Crippen LogP contribution in [0.1, 0.15) is 5.56 Å². The van der Waals surface area contributed by atoms with Gasteiger partial charge in [-0.3, -0.25) is 4.79 Å². The lowest BCUT2D eigenvalue weighted by Gasteiger charge is -2.11. The second kappa shape index (κ2) is 7.38. The highest BCUT2D eigenvalue weighted by atomic mass is 35.5. The third kappa shape index (κ3) is 4.29. The van der Waals surface area contributed by atoms with Gasteiger partial charge < -0.3 is 15.4 Å². The normalized spacial score (nSPS) is 10.2. The Balaban J connectivity index is 1.95. The van der Waals surface area contributed by atoms with Gasteiger partial charge in [-0.2, -0.15) is 0 Å². The van der Waals surface area contributed by atoms with Gasteiger partial charge in [-0.15, -0.1) is 0 Å². The van der Waals surface area contributed by atoms with E-state index in [0.29, 0.717) is 21.5 Å². The number of nitrogens with one attached hydrogen (secondary N) is 2. The number of benzene rings is 2. The minimum atomic E-state index is -0.169. The number of anilines is 2. The summed E-state index contributed by atoms with van der Waals surface area (Å²) in [5.74, 6) is 0.420. The minimum Gasteiger partial charge on any atom is -0.495 e. The SMILES string of the molecule is COc1ccc(NCC(=O)Nc2cc(Cl)ccc2C)cc1Cl. The Kier molecular flexibility index (Phi) is 5.52. The predicted molar refractivity (Wildman–Crippen MR) is 91.3 cm³/mol. The van der Waals surface area contributed by atoms with Crippen molar-refractivity contribution in [2.24, 2.45) is 0 Å². The number of aryl methyl sites for hydroxylation is 1. The number of amides is 1. The lowest BCUT2D eigenvalue weighted by atomic mass is 10.2. The first-order valence-corrected chi connectivity index (χ1v) is 7.38. The first kappa shape index (κ1) is 16.5. The number of halogens is 2. The van der Waals surface area contributed by atoms with Gasteiger partial charge in [0.05, 0.1) is 18.7 Å². The van der Waals surface area contributed by atoms with Crippen LogP contribution in [0.4, 0.5) is 11.4 Å². The summed E-state index contributed by atoms with van der Waals surface area (Å²) < 4.78 is 5.08. The molecule has 0 atom stereocenters. The highest BCUT2D eigenvalue weighted by Crippen LogP contribution is 2.27. The molecule has 0 aliphatic rings. The van der Waals surface area contributed by atoms with Gasteiger partial charge in [0.1, 0.15) is 5.75 Å². The van der Waals surface area contributed by atoms with Crippen LogP contribution in [0.3, 0.4) is 0 Å². The fourth-order valence-corrected chi connectivity index (χ4v) is 2.31. The molecular formula is C16H16Cl2N2O2. The number of hydrogen-bond acceptors (Lipinski definition) is 3. The maximum Gasteiger partial charge on any atom is 0.243 e. The van der Waals surface area contributed by atoms with Crippen LogP contribution < -0.4 is 15.4 Å². The van der Waals surface area contributed by atoms with Crippen molar-refractivity contribution in [1.29, 1.82) is 0 Å². The molecule has 0 aliphatic carbocycles. The molecule has 0 bridgehead atoms. The van der Waals surface area contributed by atoms with E-state index >= 15 is 0 Å². The smallest absolute Gasteiger partial charge is 0.243 e. The molecule has 0 aromatic heterocycles. The Bertz CT molecular complexity index is 690. The van der Waals surface area contributed by atoms with Crippen LogP contribution in [0.5, 0.6) is 5.75 Å². The van der Waals surface area contributed by atoms with Gasteiger partial charge in [0, 0.05) is 16.4 Å². The van der Waals surface area contributed by atoms with E-state index in [1.54, 1.807) is 37.4 Å². The Morgan fingerprint density at radius 2 is 1.95 bits per heavy atom. The van der Waals surface area contributed by atoms with E-state index in [1.165, 1.54) is 0 Å². The maximum atomic E-state index is 12.0. The van der Waals surface area contributed by atoms with Crippen LogP contribution in [-0.2, 0) is 4.79 Å². The number of carbonyl (C=O) groups excluding carboxylic acids is 1. The molecular weight excluding hydrogens is 323 g/mol. The molecule has 0 aliphatic heterocycles. The standard InChI is InChI=1S/C16H16Cl2N2O2/c1-10-3-4-11(17)7-14(10)20-16(21)9-19-12-5-6-15(22-2)13(18)8-12/h3-8,19H,9H2,1-2H3,(H,20,21). The molecule has 2 aromatic carbocycles. The summed E-state index contributed by atoms with van der Waals surface area (Å²) in [6.45, 7) is 2.03. The largest absolute Gasteiger partial charge is 0.495 e. The van der Waals surface area contributed by atoms with Gasteiger partial charge in [0.15, 0.2) is 0 Å². The molecule has 0 unspecified atom stereocenters. The average molecular weight is 339 g/mol. The molecule has 0 spiro atoms. The van der Waals surface area contributed by atoms with Crippen LogP contribution in [0.25, 0.3) is 0 Å². The molecule has 22 heavy (non-hydrogen) atoms. The van der Waals surface area contributed by atoms with E-state index in [4.69, 9.17) is 27.9 Å². The Labute approximate surface area is 139 Å². The second-order valence-electron chi connectivity index (χ2n) is 4.71. The van der Waals surface area contributed by atoms with E-state index < -0.39 is 0 Å². The molecule has 2 N–H and O–H groups in total. The number of hydrogen-bond donors (Lipinski definition) is 2. The molecule has 0 fully saturated rings. The molecule has 2 rings (SSSR count). The number of rotatable bonds is 5. The van der Waals surface area contributed by atoms with Crippen molar-refractivity contribution in [3.8, 4) is 5.75 Å². The zero-order valence-corrected chi connectivity index (χ0v) is 13.8. The lowest BCUT2D eigenvalue weighted by molar-refractivity contribution is -0.114. The number of ether oxygens (including phenoxy) is 1. The highest BCUT2D eigenvalue weighted by Gasteiger charge is 2.07. The summed E-state index contributed by atoms with van der Waals surface area (Å²) in [7, 11) is 1.55. The van der Waals surface area contributed by atoms with Crippen molar-refractivity contribution in [2.45, 2.75) is 6.92 Å². The molecule has 1 amide bonds. The Hall–Kier alpha value is -1.91. The molecule has 0 saturated heterocycles. The molecule has 0 radical (unpaired) electrons. The first-order valence-electron chi connectivity index (χ1n) is 6.63. The van der Waals surface area contributed by atoms with E-state index in [9.17, 15) is 4.79 Å². The summed E-state index contributed by atoms with van der Waals surface area (Å²) in [4.78, 5) is 12.0. The zero-order chi connectivity index (χ0) is 16.1. The van der Waals surface area contributed by atoms with Crippen LogP contribution in [0.15, 0.2) is 36.4 Å². The zero-order valence-electron chi connectivity index (χ0n) is 12.2. The predicted octanol–water partition coefficient (Wildman–Crippen LogP) is 4.36. The van der Waals surface area contributed by atoms with Crippen LogP contribution >= 0.6 is 23.2 Å². The fraction of sp³-hybridized carbons (Fsp3) is 0.188. The lowest BCUT2D eigenvalue weighted by Crippen LogP contribution is -2.22. The summed E-state index contributed by atoms with van der Waals surface area (Å²) in [5.41, 5.74) is 2.39. The van der Waals surface area contributed by atoms with E-state index in [-0.39, 0.29) is 12.5 Å². The van der Waals surface area contributed by atoms with Crippen LogP contribution in [0, 0.1) is 6.92 Å². The van der Waals surface area contributed by atoms with E-state index in [0.717, 1.165) is 11.3 Å². The number of methoxy groups -OCH3 is 1. The van der Waals surface area contributed by atoms with Crippen molar-refractivity contribution in [3.63, 3.8) is 0 Å². The van der Waals surface area contributed by atoms with Gasteiger partial charge in [0.25, 0.3) is 0 Å². The molecule has 0 saturated carbocycles. The number of carbonyl (C=O) groups is 1. The molecule has 116 valence electrons. The summed E-state index contributed by atoms with van der Waals surface area (Å²) >= 11 is 12.0. The minimum absolute atomic E-state index is 0.120. The summed E-state index contributed by atoms with van der Waals surface area (Å²) in [6, 6.07) is 10.6. The molecule has 0 heterocycles. The van der Waals surface area contributed by atoms with E-state index in [2.05, 4.69) is 10.6 Å². The van der Waals surface area contributed by atoms with Crippen molar-refractivity contribution < 1.29 is 9.53 Å². The van der Waals surface area contributed by atoms with Crippen molar-refractivity contribution in [3.05, 3.63) is 52.0 Å². The Morgan fingerprint density at radius 1 is 1.18 bits per heavy atom. The third-order valence-corrected chi connectivity index (χ3v) is 3.61. The highest BCUT2D eigenvalue weighted by molar-refractivity contribution is 6.32. The van der Waals surface area contributed by atoms with Crippen molar-refractivity contribution in [2.75, 3.05) is 24.3 Å². The molecule has 2 aromatic rings. The van der Waals surface area contributed by atoms with Gasteiger partial charge in [0.2, 0.25) is 5.91 Å². The summed E-state index contributed by atoms with van der Waals surface area (Å²) in [5, 5.41) is 6.88. The quantitative estimate of drug-likeness (QED) is 0.851. The maximum absolute atomic E-state index is 12.0. The van der Waals surface area contributed by atoms with Crippen molar-refractivity contribution in [1.82, 2.24) is 0 Å². The monoisotopic (exact) mass is 338 g/mol. The first-order chi connectivity index (χ1) is 10.5. The Morgan fingerprint density at radius 3 is 2.64 bits per heavy atom. The van der Waals surface area contributed by atoms with E-state index in [1.807, 2.05) is 13.0 Å². The van der Waals surface area contributed by atoms with Crippen LogP contribution in [-0.4, -0.2) is 19.6 Å². The van der Waals surface area contributed by atoms with Gasteiger partial charge >= 0.3 is 0 Å². The molecule has 6 heteroatoms. The topological polar surface area (TPSA) is 50.4 Å². The fourth-order valence-electron chi connectivity index (χ4n) is 1.88. The van der Waals surface area contributed by atoms with Gasteiger partial charge in [-0.1, -0.05) is 29.3 Å². The van der Waals surface area contributed by atoms with Gasteiger partial charge in [-0.05, 0) is 42.8 Å². The van der Waals surface area contributed by atoms with Crippen molar-refractivity contribution >= 4 is 40.5 Å². The second-order valence-corrected chi connectivity index (χ2v) is 5.55. The van der Waals surface area contributed by atoms with Crippen LogP contribution in [0.2, 0.25) is 10.0 Å². The third-order valence-electron chi connectivity index (χ3n) is 3.08. The van der Waals surface area contributed by atoms with Gasteiger partial charge in [-0.25, -0.2) is 0 Å². The average Bonchev–Trinajstić information content (AvgIpc) is 2.49. The molecule has 4 nitrogen and oxygen atoms in total. The summed E-state index contributed by atoms with van der Waals surface area (Å²) in [6.07, 6.45) is 0.